The number of thiazole rings is 1. The summed E-state index contributed by atoms with van der Waals surface area (Å²) < 4.78 is 7.41. The normalized spacial score (nSPS) is 11.1. The number of aromatic nitrogens is 3. The molecule has 5 nitrogen and oxygen atoms in total. The third-order valence-corrected chi connectivity index (χ3v) is 3.25. The Labute approximate surface area is 94.4 Å². The molecule has 80 valence electrons. The van der Waals surface area contributed by atoms with E-state index in [9.17, 15) is 4.79 Å². The minimum absolute atomic E-state index is 0.537. The summed E-state index contributed by atoms with van der Waals surface area (Å²) in [5, 5.41) is 0.699. The fourth-order valence-corrected chi connectivity index (χ4v) is 2.30. The van der Waals surface area contributed by atoms with Crippen molar-refractivity contribution in [3.05, 3.63) is 29.2 Å². The van der Waals surface area contributed by atoms with E-state index in [-0.39, 0.29) is 0 Å². The summed E-state index contributed by atoms with van der Waals surface area (Å²) in [5.74, 6) is 1.21. The average molecular weight is 233 g/mol. The third-order valence-electron chi connectivity index (χ3n) is 2.32. The second-order valence-corrected chi connectivity index (χ2v) is 4.34. The lowest BCUT2D eigenvalue weighted by Crippen LogP contribution is -1.82. The van der Waals surface area contributed by atoms with Gasteiger partial charge in [0.25, 0.3) is 0 Å². The van der Waals surface area contributed by atoms with Crippen molar-refractivity contribution in [1.82, 2.24) is 14.4 Å². The summed E-state index contributed by atoms with van der Waals surface area (Å²) in [6.45, 7) is 1.93. The van der Waals surface area contributed by atoms with Crippen LogP contribution in [-0.4, -0.2) is 20.7 Å². The Balaban J connectivity index is 2.21. The maximum atomic E-state index is 10.6. The van der Waals surface area contributed by atoms with Crippen LogP contribution in [0.3, 0.4) is 0 Å². The maximum absolute atomic E-state index is 10.6. The lowest BCUT2D eigenvalue weighted by atomic mass is 10.4. The zero-order valence-electron chi connectivity index (χ0n) is 8.38. The molecule has 3 heterocycles. The van der Waals surface area contributed by atoms with E-state index in [1.807, 2.05) is 17.5 Å². The van der Waals surface area contributed by atoms with Gasteiger partial charge in [0, 0.05) is 18.6 Å². The Hall–Kier alpha value is -1.95. The molecule has 0 N–H and O–H groups in total. The molecular formula is C10H7N3O2S. The Morgan fingerprint density at radius 1 is 1.50 bits per heavy atom. The molecule has 0 fully saturated rings. The summed E-state index contributed by atoms with van der Waals surface area (Å²) >= 11 is 1.30. The molecule has 0 bridgehead atoms. The van der Waals surface area contributed by atoms with Crippen molar-refractivity contribution in [2.24, 2.45) is 0 Å². The van der Waals surface area contributed by atoms with Crippen LogP contribution in [0.15, 0.2) is 23.0 Å². The largest absolute Gasteiger partial charge is 0.420 e. The smallest absolute Gasteiger partial charge is 0.306 e. The molecule has 0 radical (unpaired) electrons. The van der Waals surface area contributed by atoms with E-state index in [2.05, 4.69) is 9.97 Å². The fraction of sp³-hybridized carbons (Fsp3) is 0.100. The van der Waals surface area contributed by atoms with Gasteiger partial charge in [-0.1, -0.05) is 0 Å². The van der Waals surface area contributed by atoms with Crippen molar-refractivity contribution >= 4 is 23.5 Å². The zero-order chi connectivity index (χ0) is 11.1. The van der Waals surface area contributed by atoms with Gasteiger partial charge in [-0.3, -0.25) is 9.20 Å². The van der Waals surface area contributed by atoms with E-state index in [4.69, 9.17) is 4.42 Å². The molecule has 0 spiro atoms. The number of imidazole rings is 1. The third kappa shape index (κ3) is 1.20. The molecule has 16 heavy (non-hydrogen) atoms. The molecular weight excluding hydrogens is 226 g/mol. The van der Waals surface area contributed by atoms with E-state index in [0.29, 0.717) is 21.5 Å². The first-order valence-electron chi connectivity index (χ1n) is 4.63. The molecule has 0 aromatic carbocycles. The highest BCUT2D eigenvalue weighted by Gasteiger charge is 2.15. The topological polar surface area (TPSA) is 60.4 Å². The van der Waals surface area contributed by atoms with Gasteiger partial charge in [0.1, 0.15) is 0 Å². The van der Waals surface area contributed by atoms with Gasteiger partial charge >= 0.3 is 5.84 Å². The van der Waals surface area contributed by atoms with Crippen molar-refractivity contribution in [1.29, 1.82) is 0 Å². The Kier molecular flexibility index (Phi) is 1.90. The number of rotatable bonds is 2. The van der Waals surface area contributed by atoms with Crippen LogP contribution in [0.25, 0.3) is 16.6 Å². The molecule has 0 unspecified atom stereocenters. The molecule has 0 saturated carbocycles. The average Bonchev–Trinajstić information content (AvgIpc) is 2.96. The molecule has 0 aliphatic carbocycles. The summed E-state index contributed by atoms with van der Waals surface area (Å²) in [6.07, 6.45) is 5.82. The second-order valence-electron chi connectivity index (χ2n) is 3.28. The van der Waals surface area contributed by atoms with E-state index >= 15 is 0 Å². The predicted octanol–water partition coefficient (Wildman–Crippen LogP) is 2.17. The number of aryl methyl sites for hydroxylation is 1. The number of fused-ring (bicyclic) bond motifs is 1. The highest BCUT2D eigenvalue weighted by molar-refractivity contribution is 7.16. The minimum atomic E-state index is 0.537. The van der Waals surface area contributed by atoms with E-state index < -0.39 is 0 Å². The van der Waals surface area contributed by atoms with Gasteiger partial charge in [-0.05, 0) is 6.92 Å². The monoisotopic (exact) mass is 233 g/mol. The number of hydrogen-bond donors (Lipinski definition) is 0. The van der Waals surface area contributed by atoms with E-state index in [1.165, 1.54) is 17.5 Å². The SMILES string of the molecule is Cc1c(-c2ncc(C=O)s2)oc2nccn12. The second kappa shape index (κ2) is 3.28. The number of carbonyl (C=O) groups excluding carboxylic acids is 1. The molecule has 0 aliphatic heterocycles. The first-order chi connectivity index (χ1) is 7.79. The van der Waals surface area contributed by atoms with Crippen molar-refractivity contribution in [3.8, 4) is 10.8 Å². The number of aldehydes is 1. The van der Waals surface area contributed by atoms with E-state index in [0.717, 1.165) is 12.0 Å². The van der Waals surface area contributed by atoms with Crippen LogP contribution < -0.4 is 0 Å². The van der Waals surface area contributed by atoms with Gasteiger partial charge in [-0.15, -0.1) is 11.3 Å². The molecule has 3 aromatic heterocycles. The van der Waals surface area contributed by atoms with Gasteiger partial charge in [0.2, 0.25) is 0 Å². The highest BCUT2D eigenvalue weighted by atomic mass is 32.1. The number of hydrogen-bond acceptors (Lipinski definition) is 5. The van der Waals surface area contributed by atoms with Crippen molar-refractivity contribution < 1.29 is 9.21 Å². The van der Waals surface area contributed by atoms with Crippen molar-refractivity contribution in [3.63, 3.8) is 0 Å². The van der Waals surface area contributed by atoms with Crippen LogP contribution >= 0.6 is 11.3 Å². The minimum Gasteiger partial charge on any atom is -0.420 e. The maximum Gasteiger partial charge on any atom is 0.306 e. The van der Waals surface area contributed by atoms with Crippen LogP contribution in [0.2, 0.25) is 0 Å². The van der Waals surface area contributed by atoms with Gasteiger partial charge in [0.15, 0.2) is 17.1 Å². The molecule has 3 aromatic rings. The fourth-order valence-electron chi connectivity index (χ4n) is 1.54. The summed E-state index contributed by atoms with van der Waals surface area (Å²) in [6, 6.07) is 0. The van der Waals surface area contributed by atoms with Crippen LogP contribution in [0.4, 0.5) is 0 Å². The highest BCUT2D eigenvalue weighted by Crippen LogP contribution is 2.29. The summed E-state index contributed by atoms with van der Waals surface area (Å²) in [5.41, 5.74) is 0.930. The summed E-state index contributed by atoms with van der Waals surface area (Å²) in [7, 11) is 0. The van der Waals surface area contributed by atoms with Crippen molar-refractivity contribution in [2.75, 3.05) is 0 Å². The zero-order valence-corrected chi connectivity index (χ0v) is 9.19. The van der Waals surface area contributed by atoms with E-state index in [1.54, 1.807) is 6.20 Å². The summed E-state index contributed by atoms with van der Waals surface area (Å²) in [4.78, 5) is 19.4. The van der Waals surface area contributed by atoms with Gasteiger partial charge in [-0.2, -0.15) is 0 Å². The molecule has 3 rings (SSSR count). The molecule has 0 aliphatic rings. The number of nitrogens with zero attached hydrogens (tertiary/aromatic N) is 3. The van der Waals surface area contributed by atoms with Gasteiger partial charge in [0.05, 0.1) is 10.6 Å². The van der Waals surface area contributed by atoms with Crippen LogP contribution in [0.5, 0.6) is 0 Å². The lowest BCUT2D eigenvalue weighted by molar-refractivity contribution is 0.112. The van der Waals surface area contributed by atoms with Crippen molar-refractivity contribution in [2.45, 2.75) is 6.92 Å². The first kappa shape index (κ1) is 9.29. The van der Waals surface area contributed by atoms with Gasteiger partial charge in [-0.25, -0.2) is 9.97 Å². The van der Waals surface area contributed by atoms with Crippen LogP contribution in [-0.2, 0) is 0 Å². The Bertz CT molecular complexity index is 665. The number of oxazole rings is 1. The molecule has 6 heteroatoms. The molecule has 0 atom stereocenters. The van der Waals surface area contributed by atoms with Crippen LogP contribution in [0, 0.1) is 6.92 Å². The van der Waals surface area contributed by atoms with Gasteiger partial charge < -0.3 is 4.42 Å². The standard InChI is InChI=1S/C10H7N3O2S/c1-6-8(9-12-4-7(5-14)16-9)15-10-11-2-3-13(6)10/h2-5H,1H3. The first-order valence-corrected chi connectivity index (χ1v) is 5.45. The predicted molar refractivity (Wildman–Crippen MR) is 58.7 cm³/mol. The van der Waals surface area contributed by atoms with Crippen LogP contribution in [0.1, 0.15) is 15.4 Å². The lowest BCUT2D eigenvalue weighted by Gasteiger charge is -1.90. The molecule has 0 amide bonds. The Morgan fingerprint density at radius 3 is 3.06 bits per heavy atom. The quantitative estimate of drug-likeness (QED) is 0.636. The Morgan fingerprint density at radius 2 is 2.38 bits per heavy atom. The molecule has 0 saturated heterocycles. The number of carbonyl (C=O) groups is 1.